The van der Waals surface area contributed by atoms with Gasteiger partial charge in [0.15, 0.2) is 0 Å². The van der Waals surface area contributed by atoms with Crippen molar-refractivity contribution in [2.75, 3.05) is 0 Å². The number of allylic oxidation sites excluding steroid dienone is 1. The number of ketones is 2. The Morgan fingerprint density at radius 1 is 0.857 bits per heavy atom. The first-order chi connectivity index (χ1) is 10.1. The molecular weight excluding hydrogens is 260 g/mol. The maximum atomic E-state index is 12.5. The molecule has 21 heavy (non-hydrogen) atoms. The minimum absolute atomic E-state index is 0.305. The van der Waals surface area contributed by atoms with Gasteiger partial charge in [-0.25, -0.2) is 0 Å². The number of hydrogen-bond donors (Lipinski definition) is 0. The fraction of sp³-hybridized carbons (Fsp3) is 0.158. The standard InChI is InChI=1S/C19H18O2/c1-14(2)18(20)19(21)17(16-11-7-4-8-12-16)13-15-9-5-3-6-10-15/h3-14H,1-2H3/b17-13+. The van der Waals surface area contributed by atoms with Gasteiger partial charge in [0.1, 0.15) is 0 Å². The molecule has 0 radical (unpaired) electrons. The maximum Gasteiger partial charge on any atom is 0.229 e. The molecule has 0 fully saturated rings. The van der Waals surface area contributed by atoms with Gasteiger partial charge in [-0.2, -0.15) is 0 Å². The summed E-state index contributed by atoms with van der Waals surface area (Å²) in [6.45, 7) is 3.48. The van der Waals surface area contributed by atoms with Crippen LogP contribution >= 0.6 is 0 Å². The van der Waals surface area contributed by atoms with Crippen LogP contribution in [0.25, 0.3) is 11.6 Å². The van der Waals surface area contributed by atoms with Crippen LogP contribution in [-0.2, 0) is 9.59 Å². The number of carbonyl (C=O) groups excluding carboxylic acids is 2. The van der Waals surface area contributed by atoms with Crippen molar-refractivity contribution >= 4 is 23.2 Å². The predicted octanol–water partition coefficient (Wildman–Crippen LogP) is 4.02. The normalized spacial score (nSPS) is 11.5. The van der Waals surface area contributed by atoms with Gasteiger partial charge < -0.3 is 0 Å². The number of Topliss-reactive ketones (excluding diaryl/α,β-unsaturated/α-hetero) is 2. The molecule has 0 heterocycles. The maximum absolute atomic E-state index is 12.5. The van der Waals surface area contributed by atoms with Crippen LogP contribution in [0.5, 0.6) is 0 Å². The summed E-state index contributed by atoms with van der Waals surface area (Å²) in [4.78, 5) is 24.5. The van der Waals surface area contributed by atoms with Gasteiger partial charge in [0.25, 0.3) is 0 Å². The number of carbonyl (C=O) groups is 2. The molecule has 0 aliphatic carbocycles. The van der Waals surface area contributed by atoms with E-state index in [1.165, 1.54) is 0 Å². The summed E-state index contributed by atoms with van der Waals surface area (Å²) in [5.74, 6) is -1.10. The molecule has 106 valence electrons. The van der Waals surface area contributed by atoms with E-state index in [1.807, 2.05) is 60.7 Å². The lowest BCUT2D eigenvalue weighted by Crippen LogP contribution is -2.20. The lowest BCUT2D eigenvalue weighted by Gasteiger charge is -2.08. The van der Waals surface area contributed by atoms with Crippen LogP contribution in [0.15, 0.2) is 60.7 Å². The fourth-order valence-corrected chi connectivity index (χ4v) is 2.01. The molecule has 0 saturated carbocycles. The van der Waals surface area contributed by atoms with Crippen molar-refractivity contribution in [3.8, 4) is 0 Å². The minimum atomic E-state index is -0.431. The van der Waals surface area contributed by atoms with Crippen LogP contribution in [0.1, 0.15) is 25.0 Å². The van der Waals surface area contributed by atoms with E-state index in [2.05, 4.69) is 0 Å². The Kier molecular flexibility index (Phi) is 4.83. The Balaban J connectivity index is 2.48. The van der Waals surface area contributed by atoms with Crippen LogP contribution in [-0.4, -0.2) is 11.6 Å². The quantitative estimate of drug-likeness (QED) is 0.470. The molecule has 0 atom stereocenters. The van der Waals surface area contributed by atoms with Crippen molar-refractivity contribution < 1.29 is 9.59 Å². The van der Waals surface area contributed by atoms with Crippen LogP contribution < -0.4 is 0 Å². The molecule has 0 spiro atoms. The molecule has 0 aliphatic heterocycles. The molecule has 0 unspecified atom stereocenters. The molecule has 0 amide bonds. The second-order valence-corrected chi connectivity index (χ2v) is 5.18. The third-order valence-electron chi connectivity index (χ3n) is 3.19. The first-order valence-electron chi connectivity index (χ1n) is 7.00. The number of benzene rings is 2. The third-order valence-corrected chi connectivity index (χ3v) is 3.19. The molecular formula is C19H18O2. The molecule has 2 rings (SSSR count). The van der Waals surface area contributed by atoms with E-state index in [4.69, 9.17) is 0 Å². The second-order valence-electron chi connectivity index (χ2n) is 5.18. The molecule has 2 heteroatoms. The van der Waals surface area contributed by atoms with Gasteiger partial charge in [-0.15, -0.1) is 0 Å². The van der Waals surface area contributed by atoms with Gasteiger partial charge in [-0.05, 0) is 17.2 Å². The third kappa shape index (κ3) is 3.76. The summed E-state index contributed by atoms with van der Waals surface area (Å²) in [7, 11) is 0. The Morgan fingerprint density at radius 2 is 1.38 bits per heavy atom. The summed E-state index contributed by atoms with van der Waals surface area (Å²) in [6, 6.07) is 18.9. The van der Waals surface area contributed by atoms with Gasteiger partial charge in [0.05, 0.1) is 0 Å². The van der Waals surface area contributed by atoms with Crippen molar-refractivity contribution in [3.63, 3.8) is 0 Å². The molecule has 0 aliphatic rings. The molecule has 0 N–H and O–H groups in total. The van der Waals surface area contributed by atoms with E-state index < -0.39 is 5.78 Å². The molecule has 2 nitrogen and oxygen atoms in total. The Labute approximate surface area is 125 Å². The first kappa shape index (κ1) is 14.9. The van der Waals surface area contributed by atoms with Crippen LogP contribution in [0, 0.1) is 5.92 Å². The fourth-order valence-electron chi connectivity index (χ4n) is 2.01. The first-order valence-corrected chi connectivity index (χ1v) is 7.00. The topological polar surface area (TPSA) is 34.1 Å². The van der Waals surface area contributed by atoms with Gasteiger partial charge in [0, 0.05) is 11.5 Å². The zero-order chi connectivity index (χ0) is 15.2. The molecule has 2 aromatic carbocycles. The van der Waals surface area contributed by atoms with Gasteiger partial charge in [0.2, 0.25) is 11.6 Å². The van der Waals surface area contributed by atoms with E-state index >= 15 is 0 Å². The van der Waals surface area contributed by atoms with Gasteiger partial charge in [-0.3, -0.25) is 9.59 Å². The predicted molar refractivity (Wildman–Crippen MR) is 85.6 cm³/mol. The van der Waals surface area contributed by atoms with E-state index in [1.54, 1.807) is 19.9 Å². The van der Waals surface area contributed by atoms with Crippen molar-refractivity contribution in [1.29, 1.82) is 0 Å². The highest BCUT2D eigenvalue weighted by Gasteiger charge is 2.22. The molecule has 2 aromatic rings. The average Bonchev–Trinajstić information content (AvgIpc) is 2.53. The molecule has 0 saturated heterocycles. The number of hydrogen-bond acceptors (Lipinski definition) is 2. The van der Waals surface area contributed by atoms with E-state index in [0.29, 0.717) is 5.57 Å². The summed E-state index contributed by atoms with van der Waals surface area (Å²) in [5.41, 5.74) is 2.11. The Hall–Kier alpha value is -2.48. The van der Waals surface area contributed by atoms with E-state index in [9.17, 15) is 9.59 Å². The highest BCUT2D eigenvalue weighted by Crippen LogP contribution is 2.21. The van der Waals surface area contributed by atoms with Gasteiger partial charge in [-0.1, -0.05) is 74.5 Å². The van der Waals surface area contributed by atoms with Crippen molar-refractivity contribution in [2.45, 2.75) is 13.8 Å². The van der Waals surface area contributed by atoms with Crippen LogP contribution in [0.4, 0.5) is 0 Å². The van der Waals surface area contributed by atoms with Crippen molar-refractivity contribution in [3.05, 3.63) is 71.8 Å². The highest BCUT2D eigenvalue weighted by molar-refractivity contribution is 6.55. The zero-order valence-corrected chi connectivity index (χ0v) is 12.2. The summed E-state index contributed by atoms with van der Waals surface area (Å²) in [6.07, 6.45) is 1.78. The number of rotatable bonds is 5. The van der Waals surface area contributed by atoms with E-state index in [-0.39, 0.29) is 11.7 Å². The minimum Gasteiger partial charge on any atom is -0.290 e. The SMILES string of the molecule is CC(C)C(=O)C(=O)/C(=C/c1ccccc1)c1ccccc1. The molecule has 0 bridgehead atoms. The lowest BCUT2D eigenvalue weighted by atomic mass is 9.93. The summed E-state index contributed by atoms with van der Waals surface area (Å²) in [5, 5.41) is 0. The zero-order valence-electron chi connectivity index (χ0n) is 12.2. The van der Waals surface area contributed by atoms with Crippen molar-refractivity contribution in [2.24, 2.45) is 5.92 Å². The lowest BCUT2D eigenvalue weighted by molar-refractivity contribution is -0.135. The average molecular weight is 278 g/mol. The highest BCUT2D eigenvalue weighted by atomic mass is 16.2. The smallest absolute Gasteiger partial charge is 0.229 e. The van der Waals surface area contributed by atoms with Gasteiger partial charge >= 0.3 is 0 Å². The Bertz CT molecular complexity index is 652. The summed E-state index contributed by atoms with van der Waals surface area (Å²) < 4.78 is 0. The monoisotopic (exact) mass is 278 g/mol. The second kappa shape index (κ2) is 6.80. The molecule has 0 aromatic heterocycles. The van der Waals surface area contributed by atoms with Crippen LogP contribution in [0.3, 0.4) is 0 Å². The largest absolute Gasteiger partial charge is 0.290 e. The van der Waals surface area contributed by atoms with E-state index in [0.717, 1.165) is 11.1 Å². The van der Waals surface area contributed by atoms with Crippen LogP contribution in [0.2, 0.25) is 0 Å². The summed E-state index contributed by atoms with van der Waals surface area (Å²) >= 11 is 0. The Morgan fingerprint density at radius 3 is 1.90 bits per heavy atom. The van der Waals surface area contributed by atoms with Crippen molar-refractivity contribution in [1.82, 2.24) is 0 Å².